The van der Waals surface area contributed by atoms with Crippen LogP contribution in [-0.4, -0.2) is 58.1 Å². The molecule has 0 aliphatic carbocycles. The van der Waals surface area contributed by atoms with Gasteiger partial charge in [0.25, 0.3) is 0 Å². The fraction of sp³-hybridized carbons (Fsp3) is 0.294. The molecular formula is C34H42B2N2O3. The molecule has 0 unspecified atom stereocenters. The van der Waals surface area contributed by atoms with Crippen molar-refractivity contribution in [1.29, 1.82) is 0 Å². The van der Waals surface area contributed by atoms with Gasteiger partial charge >= 0.3 is 13.8 Å². The van der Waals surface area contributed by atoms with Gasteiger partial charge in [-0.2, -0.15) is 0 Å². The first-order valence-electron chi connectivity index (χ1n) is 14.8. The van der Waals surface area contributed by atoms with Crippen LogP contribution in [0.15, 0.2) is 109 Å². The number of ether oxygens (including phenoxy) is 1. The quantitative estimate of drug-likeness (QED) is 0.204. The smallest absolute Gasteiger partial charge is 0.361 e. The number of nitrogens with zero attached hydrogens (tertiary/aromatic N) is 1. The van der Waals surface area contributed by atoms with Crippen LogP contribution < -0.4 is 32.3 Å². The first-order valence-corrected chi connectivity index (χ1v) is 14.8. The van der Waals surface area contributed by atoms with E-state index in [4.69, 9.17) is 19.8 Å². The summed E-state index contributed by atoms with van der Waals surface area (Å²) in [6.45, 7) is 8.97. The highest BCUT2D eigenvalue weighted by atomic mass is 16.5. The number of nitrogens with two attached hydrogens (primary N) is 1. The maximum Gasteiger partial charge on any atom is 0.361 e. The lowest BCUT2D eigenvalue weighted by atomic mass is 9.55. The number of rotatable bonds is 17. The van der Waals surface area contributed by atoms with E-state index in [1.807, 2.05) is 48.5 Å². The molecule has 4 rings (SSSR count). The van der Waals surface area contributed by atoms with Crippen LogP contribution in [0.25, 0.3) is 0 Å². The van der Waals surface area contributed by atoms with E-state index >= 15 is 0 Å². The minimum atomic E-state index is -0.168. The van der Waals surface area contributed by atoms with Crippen molar-refractivity contribution < 1.29 is 14.0 Å². The molecule has 7 heteroatoms. The topological polar surface area (TPSA) is 57.0 Å². The molecule has 4 aromatic carbocycles. The van der Waals surface area contributed by atoms with Crippen LogP contribution in [0.4, 0.5) is 0 Å². The summed E-state index contributed by atoms with van der Waals surface area (Å²) in [6.07, 6.45) is 2.31. The zero-order valence-electron chi connectivity index (χ0n) is 24.5. The van der Waals surface area contributed by atoms with Gasteiger partial charge in [0.2, 0.25) is 0 Å². The molecule has 0 saturated carbocycles. The zero-order chi connectivity index (χ0) is 28.7. The average Bonchev–Trinajstić information content (AvgIpc) is 3.02. The van der Waals surface area contributed by atoms with Crippen LogP contribution in [0.1, 0.15) is 26.7 Å². The molecule has 0 amide bonds. The maximum atomic E-state index is 6.49. The third-order valence-electron chi connectivity index (χ3n) is 6.98. The summed E-state index contributed by atoms with van der Waals surface area (Å²) < 4.78 is 18.8. The van der Waals surface area contributed by atoms with Crippen molar-refractivity contribution in [2.24, 2.45) is 5.73 Å². The Morgan fingerprint density at radius 3 is 1.37 bits per heavy atom. The SMILES string of the molecule is CCCN(CCC)CCOB(c1ccccc1)c1ccc(Oc2ccc(B(OCCN)c3ccccc3)cc2)cc1. The summed E-state index contributed by atoms with van der Waals surface area (Å²) in [6, 6.07) is 36.9. The number of hydrogen-bond donors (Lipinski definition) is 1. The van der Waals surface area contributed by atoms with Crippen molar-refractivity contribution in [3.8, 4) is 11.5 Å². The summed E-state index contributed by atoms with van der Waals surface area (Å²) in [5.41, 5.74) is 10.1. The summed E-state index contributed by atoms with van der Waals surface area (Å²) in [5.74, 6) is 1.55. The third-order valence-corrected chi connectivity index (χ3v) is 6.98. The van der Waals surface area contributed by atoms with E-state index in [0.717, 1.165) is 65.8 Å². The Bertz CT molecular complexity index is 1250. The van der Waals surface area contributed by atoms with Crippen molar-refractivity contribution in [3.63, 3.8) is 0 Å². The minimum absolute atomic E-state index is 0.127. The molecule has 0 fully saturated rings. The van der Waals surface area contributed by atoms with Crippen LogP contribution in [0.5, 0.6) is 11.5 Å². The second-order valence-electron chi connectivity index (χ2n) is 10.2. The molecule has 0 bridgehead atoms. The summed E-state index contributed by atoms with van der Waals surface area (Å²) >= 11 is 0. The van der Waals surface area contributed by atoms with E-state index in [1.54, 1.807) is 0 Å². The predicted octanol–water partition coefficient (Wildman–Crippen LogP) is 3.80. The molecule has 0 aliphatic heterocycles. The zero-order valence-corrected chi connectivity index (χ0v) is 24.5. The predicted molar refractivity (Wildman–Crippen MR) is 174 cm³/mol. The minimum Gasteiger partial charge on any atom is -0.457 e. The van der Waals surface area contributed by atoms with Gasteiger partial charge < -0.3 is 24.7 Å². The maximum absolute atomic E-state index is 6.49. The second kappa shape index (κ2) is 16.8. The highest BCUT2D eigenvalue weighted by Crippen LogP contribution is 2.19. The molecule has 0 atom stereocenters. The van der Waals surface area contributed by atoms with Crippen molar-refractivity contribution in [2.75, 3.05) is 39.4 Å². The molecule has 0 heterocycles. The fourth-order valence-electron chi connectivity index (χ4n) is 5.04. The summed E-state index contributed by atoms with van der Waals surface area (Å²) in [4.78, 5) is 2.48. The van der Waals surface area contributed by atoms with Crippen molar-refractivity contribution in [1.82, 2.24) is 4.90 Å². The molecule has 0 radical (unpaired) electrons. The molecule has 5 nitrogen and oxygen atoms in total. The Balaban J connectivity index is 1.43. The highest BCUT2D eigenvalue weighted by Gasteiger charge is 2.23. The molecule has 0 saturated heterocycles. The lowest BCUT2D eigenvalue weighted by Crippen LogP contribution is -2.46. The molecule has 0 aliphatic rings. The molecule has 0 spiro atoms. The largest absolute Gasteiger partial charge is 0.457 e. The number of benzene rings is 4. The van der Waals surface area contributed by atoms with Crippen LogP contribution in [-0.2, 0) is 9.31 Å². The Labute approximate surface area is 246 Å². The van der Waals surface area contributed by atoms with Gasteiger partial charge in [0.05, 0.1) is 0 Å². The molecule has 0 aromatic heterocycles. The van der Waals surface area contributed by atoms with Gasteiger partial charge in [-0.3, -0.25) is 0 Å². The lowest BCUT2D eigenvalue weighted by Gasteiger charge is -2.23. The van der Waals surface area contributed by atoms with Gasteiger partial charge in [0.1, 0.15) is 11.5 Å². The van der Waals surface area contributed by atoms with Crippen LogP contribution >= 0.6 is 0 Å². The van der Waals surface area contributed by atoms with E-state index in [9.17, 15) is 0 Å². The van der Waals surface area contributed by atoms with Crippen molar-refractivity contribution in [3.05, 3.63) is 109 Å². The second-order valence-corrected chi connectivity index (χ2v) is 10.2. The van der Waals surface area contributed by atoms with Crippen LogP contribution in [0.2, 0.25) is 0 Å². The van der Waals surface area contributed by atoms with Gasteiger partial charge in [0.15, 0.2) is 0 Å². The molecular weight excluding hydrogens is 506 g/mol. The van der Waals surface area contributed by atoms with Gasteiger partial charge in [0, 0.05) is 26.3 Å². The van der Waals surface area contributed by atoms with E-state index in [2.05, 4.69) is 79.4 Å². The first-order chi connectivity index (χ1) is 20.2. The summed E-state index contributed by atoms with van der Waals surface area (Å²) in [7, 11) is 0. The Morgan fingerprint density at radius 2 is 0.951 bits per heavy atom. The van der Waals surface area contributed by atoms with Crippen molar-refractivity contribution >= 4 is 35.7 Å². The van der Waals surface area contributed by atoms with E-state index in [0.29, 0.717) is 19.8 Å². The normalized spacial score (nSPS) is 11.0. The van der Waals surface area contributed by atoms with Gasteiger partial charge in [-0.05, 0) is 72.0 Å². The van der Waals surface area contributed by atoms with Gasteiger partial charge in [-0.15, -0.1) is 0 Å². The lowest BCUT2D eigenvalue weighted by molar-refractivity contribution is 0.213. The molecule has 4 aromatic rings. The number of hydrogen-bond acceptors (Lipinski definition) is 5. The summed E-state index contributed by atoms with van der Waals surface area (Å²) in [5, 5.41) is 0. The Morgan fingerprint density at radius 1 is 0.537 bits per heavy atom. The van der Waals surface area contributed by atoms with Gasteiger partial charge in [-0.1, -0.05) is 98.8 Å². The van der Waals surface area contributed by atoms with Crippen LogP contribution in [0.3, 0.4) is 0 Å². The first kappa shape index (κ1) is 30.6. The molecule has 212 valence electrons. The van der Waals surface area contributed by atoms with Crippen molar-refractivity contribution in [2.45, 2.75) is 26.7 Å². The Hall–Kier alpha value is -3.35. The van der Waals surface area contributed by atoms with E-state index in [1.165, 1.54) is 0 Å². The molecule has 2 N–H and O–H groups in total. The monoisotopic (exact) mass is 548 g/mol. The van der Waals surface area contributed by atoms with E-state index in [-0.39, 0.29) is 13.8 Å². The standard InChI is InChI=1S/C34H42B2N2O3/c1-3-24-38(25-4-2)26-28-40-36(30-13-9-6-10-14-30)32-17-21-34(22-18-32)41-33-19-15-31(16-20-33)35(39-27-23-37)29-11-7-5-8-12-29/h5-22H,3-4,23-28,37H2,1-2H3. The fourth-order valence-corrected chi connectivity index (χ4v) is 5.04. The third kappa shape index (κ3) is 9.34. The molecule has 41 heavy (non-hydrogen) atoms. The van der Waals surface area contributed by atoms with Gasteiger partial charge in [-0.25, -0.2) is 0 Å². The Kier molecular flexibility index (Phi) is 12.5. The van der Waals surface area contributed by atoms with E-state index < -0.39 is 0 Å². The van der Waals surface area contributed by atoms with Crippen LogP contribution in [0, 0.1) is 0 Å². The highest BCUT2D eigenvalue weighted by molar-refractivity contribution is 6.80. The average molecular weight is 548 g/mol.